The Hall–Kier alpha value is -4.96. The Balaban J connectivity index is -0.0000000571. The van der Waals surface area contributed by atoms with Gasteiger partial charge in [0.05, 0.1) is 0 Å². The molecule has 0 radical (unpaired) electrons. The predicted molar refractivity (Wildman–Crippen MR) is 410 cm³/mol. The average Bonchev–Trinajstić information content (AvgIpc) is 3.58. The van der Waals surface area contributed by atoms with Crippen LogP contribution in [0.5, 0.6) is 0 Å². The van der Waals surface area contributed by atoms with Gasteiger partial charge in [-0.15, -0.1) is 0 Å². The second kappa shape index (κ2) is 89.8. The van der Waals surface area contributed by atoms with Gasteiger partial charge >= 0.3 is 0 Å². The molecule has 0 spiro atoms. The number of rotatable bonds is 5. The maximum absolute atomic E-state index is 12.0. The van der Waals surface area contributed by atoms with Crippen molar-refractivity contribution >= 4 is 17.3 Å². The van der Waals surface area contributed by atoms with Crippen LogP contribution in [0, 0.1) is 27.1 Å². The molecule has 4 aromatic carbocycles. The minimum atomic E-state index is -0.255. The molecule has 1 atom stereocenters. The number of hydrogen-bond donors (Lipinski definition) is 0. The fourth-order valence-electron chi connectivity index (χ4n) is 4.49. The van der Waals surface area contributed by atoms with Crippen molar-refractivity contribution in [3.8, 4) is 0 Å². The lowest BCUT2D eigenvalue weighted by atomic mass is 9.81. The fourth-order valence-corrected chi connectivity index (χ4v) is 4.49. The summed E-state index contributed by atoms with van der Waals surface area (Å²) in [6.07, 6.45) is 6.48. The normalized spacial score (nSPS) is 9.03. The Bertz CT molecular complexity index is 1770. The second-order valence-corrected chi connectivity index (χ2v) is 21.2. The summed E-state index contributed by atoms with van der Waals surface area (Å²) in [5.74, 6) is 0.825. The number of nitrogens with zero attached hydrogens (tertiary/aromatic N) is 1. The van der Waals surface area contributed by atoms with Gasteiger partial charge in [0.2, 0.25) is 0 Å². The van der Waals surface area contributed by atoms with Gasteiger partial charge in [-0.25, -0.2) is 0 Å². The zero-order valence-corrected chi connectivity index (χ0v) is 66.9. The molecule has 0 saturated heterocycles. The highest BCUT2D eigenvalue weighted by molar-refractivity contribution is 5.89. The first kappa shape index (κ1) is 116. The van der Waals surface area contributed by atoms with Gasteiger partial charge in [0.1, 0.15) is 17.3 Å². The molecule has 1 aromatic heterocycles. The Labute approximate surface area is 551 Å². The van der Waals surface area contributed by atoms with Crippen LogP contribution >= 0.6 is 0 Å². The largest absolute Gasteiger partial charge is 0.299 e. The molecule has 0 aliphatic heterocycles. The number of carbonyl (C=O) groups is 3. The van der Waals surface area contributed by atoms with Crippen molar-refractivity contribution in [2.24, 2.45) is 27.1 Å². The molecule has 0 N–H and O–H groups in total. The van der Waals surface area contributed by atoms with Crippen LogP contribution in [0.15, 0.2) is 158 Å². The van der Waals surface area contributed by atoms with E-state index in [1.165, 1.54) is 12.0 Å². The lowest BCUT2D eigenvalue weighted by Gasteiger charge is -2.21. The third-order valence-electron chi connectivity index (χ3n) is 9.40. The Morgan fingerprint density at radius 2 is 0.575 bits per heavy atom. The summed E-state index contributed by atoms with van der Waals surface area (Å²) in [5.41, 5.74) is 3.96. The van der Waals surface area contributed by atoms with Crippen molar-refractivity contribution in [3.05, 3.63) is 175 Å². The Morgan fingerprint density at radius 1 is 0.345 bits per heavy atom. The minimum absolute atomic E-state index is 0.00352. The zero-order chi connectivity index (χ0) is 72.8. The van der Waals surface area contributed by atoms with Crippen LogP contribution in [0.2, 0.25) is 0 Å². The quantitative estimate of drug-likeness (QED) is 0.176. The summed E-state index contributed by atoms with van der Waals surface area (Å²) < 4.78 is 0. The van der Waals surface area contributed by atoms with Gasteiger partial charge in [-0.05, 0) is 53.0 Å². The highest BCUT2D eigenvalue weighted by Gasteiger charge is 2.27. The molecule has 5 aromatic rings. The number of ketones is 3. The predicted octanol–water partition coefficient (Wildman–Crippen LogP) is 28.7. The Kier molecular flexibility index (Phi) is 120. The molecule has 0 aliphatic carbocycles. The number of carbonyl (C=O) groups excluding carboxylic acids is 3. The second-order valence-electron chi connectivity index (χ2n) is 21.2. The number of hydrogen-bond acceptors (Lipinski definition) is 4. The van der Waals surface area contributed by atoms with Crippen LogP contribution in [0.25, 0.3) is 0 Å². The molecule has 87 heavy (non-hydrogen) atoms. The van der Waals surface area contributed by atoms with E-state index in [9.17, 15) is 14.4 Å². The average molecular weight is 1220 g/mol. The van der Waals surface area contributed by atoms with Crippen LogP contribution in [-0.4, -0.2) is 22.3 Å². The van der Waals surface area contributed by atoms with Crippen molar-refractivity contribution in [2.75, 3.05) is 0 Å². The summed E-state index contributed by atoms with van der Waals surface area (Å²) in [4.78, 5) is 37.8. The van der Waals surface area contributed by atoms with Gasteiger partial charge in [0.25, 0.3) is 0 Å². The number of pyridine rings is 1. The first-order chi connectivity index (χ1) is 41.0. The molecule has 1 unspecified atom stereocenters. The molecule has 1 heterocycles. The molecular weight excluding hydrogens is 1060 g/mol. The zero-order valence-electron chi connectivity index (χ0n) is 66.9. The standard InChI is InChI=1S/C13H18O.C12H16O.C11H16.C6H12O.C6H6.C6H14.C5H5N.12C2H6/c1-10(12(14)13(2,3)4)11-8-6-5-7-9-11;1-12(2,3)11(13)9-10-7-5-4-6-8-10;1-11(2,3)9-10-7-5-4-6-8-10;1-5(7)6(2,3)4;1-2-4-6-5-3-1;1-5-6(2,3)4;1-2-4-6-5-3-1;12*1-2/h5-10H,1-4H3;4-8H,9H2,1-3H3;4-8H,9H2,1-3H3;1-4H3;1-6H;5H2,1-4H3;1-5H;12*1-2H3. The number of Topliss-reactive ketones (excluding diaryl/α,β-unsaturated/α-hetero) is 3. The van der Waals surface area contributed by atoms with E-state index in [4.69, 9.17) is 0 Å². The topological polar surface area (TPSA) is 64.1 Å². The van der Waals surface area contributed by atoms with E-state index in [1.54, 1.807) is 19.3 Å². The molecule has 0 fully saturated rings. The smallest absolute Gasteiger partial charge is 0.145 e. The van der Waals surface area contributed by atoms with Crippen molar-refractivity contribution in [1.29, 1.82) is 0 Å². The monoisotopic (exact) mass is 1220 g/mol. The first-order valence-electron chi connectivity index (χ1n) is 34.6. The van der Waals surface area contributed by atoms with E-state index >= 15 is 0 Å². The Morgan fingerprint density at radius 3 is 0.759 bits per heavy atom. The third kappa shape index (κ3) is 106. The molecule has 4 heteroatoms. The van der Waals surface area contributed by atoms with Crippen LogP contribution in [0.1, 0.15) is 320 Å². The van der Waals surface area contributed by atoms with Gasteiger partial charge in [-0.1, -0.05) is 424 Å². The summed E-state index contributed by atoms with van der Waals surface area (Å²) >= 11 is 0. The van der Waals surface area contributed by atoms with Gasteiger partial charge in [0.15, 0.2) is 0 Å². The van der Waals surface area contributed by atoms with Gasteiger partial charge in [-0.2, -0.15) is 0 Å². The van der Waals surface area contributed by atoms with Crippen LogP contribution in [-0.2, 0) is 27.2 Å². The number of benzene rings is 4. The summed E-state index contributed by atoms with van der Waals surface area (Å²) in [6.45, 7) is 84.8. The summed E-state index contributed by atoms with van der Waals surface area (Å²) in [5, 5.41) is 0. The molecule has 0 saturated carbocycles. The van der Waals surface area contributed by atoms with Crippen molar-refractivity contribution in [1.82, 2.24) is 4.98 Å². The van der Waals surface area contributed by atoms with Crippen molar-refractivity contribution in [3.63, 3.8) is 0 Å². The highest BCUT2D eigenvalue weighted by atomic mass is 16.1. The SMILES string of the molecule is CC.CC.CC.CC.CC.CC.CC.CC.CC.CC.CC.CC.CC(=O)C(C)(C)C.CC(C(=O)C(C)(C)C)c1ccccc1.CC(C)(C)C(=O)Cc1ccccc1.CC(C)(C)Cc1ccccc1.CCC(C)(C)C.c1ccccc1.c1ccncc1. The third-order valence-corrected chi connectivity index (χ3v) is 9.40. The van der Waals surface area contributed by atoms with E-state index in [1.807, 2.05) is 351 Å². The van der Waals surface area contributed by atoms with Gasteiger partial charge in [0, 0.05) is 41.0 Å². The summed E-state index contributed by atoms with van der Waals surface area (Å²) in [6, 6.07) is 48.1. The van der Waals surface area contributed by atoms with Gasteiger partial charge in [-0.3, -0.25) is 19.4 Å². The fraction of sp³-hybridized carbons (Fsp3) is 0.614. The molecular formula is C83H159NO3. The van der Waals surface area contributed by atoms with Crippen molar-refractivity contribution in [2.45, 2.75) is 316 Å². The van der Waals surface area contributed by atoms with Crippen LogP contribution < -0.4 is 0 Å². The maximum atomic E-state index is 12.0. The first-order valence-corrected chi connectivity index (χ1v) is 34.6. The molecule has 0 amide bonds. The van der Waals surface area contributed by atoms with Crippen molar-refractivity contribution < 1.29 is 14.4 Å². The molecule has 514 valence electrons. The van der Waals surface area contributed by atoms with E-state index in [2.05, 4.69) is 83.8 Å². The lowest BCUT2D eigenvalue weighted by Crippen LogP contribution is -2.25. The molecule has 0 aliphatic rings. The molecule has 0 bridgehead atoms. The van der Waals surface area contributed by atoms with E-state index in [-0.39, 0.29) is 27.9 Å². The van der Waals surface area contributed by atoms with E-state index in [0.29, 0.717) is 28.8 Å². The van der Waals surface area contributed by atoms with Crippen LogP contribution in [0.4, 0.5) is 0 Å². The number of aromatic nitrogens is 1. The lowest BCUT2D eigenvalue weighted by molar-refractivity contribution is -0.127. The highest BCUT2D eigenvalue weighted by Crippen LogP contribution is 2.27. The molecule has 5 rings (SSSR count). The molecule has 4 nitrogen and oxygen atoms in total. The van der Waals surface area contributed by atoms with E-state index in [0.717, 1.165) is 17.5 Å². The van der Waals surface area contributed by atoms with Gasteiger partial charge < -0.3 is 0 Å². The van der Waals surface area contributed by atoms with Crippen LogP contribution in [0.3, 0.4) is 0 Å². The maximum Gasteiger partial charge on any atom is 0.145 e. The van der Waals surface area contributed by atoms with E-state index < -0.39 is 0 Å². The minimum Gasteiger partial charge on any atom is -0.299 e. The summed E-state index contributed by atoms with van der Waals surface area (Å²) in [7, 11) is 0.